The Morgan fingerprint density at radius 3 is 2.80 bits per heavy atom. The first-order chi connectivity index (χ1) is 9.65. The minimum atomic E-state index is -0.0937. The molecule has 1 aliphatic rings. The average molecular weight is 297 g/mol. The number of hydrogen-bond acceptors (Lipinski definition) is 3. The highest BCUT2D eigenvalue weighted by Crippen LogP contribution is 2.22. The molecule has 1 aromatic carbocycles. The first-order valence-corrected chi connectivity index (χ1v) is 7.35. The molecule has 2 rings (SSSR count). The van der Waals surface area contributed by atoms with Crippen LogP contribution in [-0.2, 0) is 4.79 Å². The van der Waals surface area contributed by atoms with Crippen LogP contribution < -0.4 is 10.1 Å². The minimum Gasteiger partial charge on any atom is -0.482 e. The van der Waals surface area contributed by atoms with E-state index in [0.717, 1.165) is 32.5 Å². The van der Waals surface area contributed by atoms with E-state index >= 15 is 0 Å². The summed E-state index contributed by atoms with van der Waals surface area (Å²) in [5.74, 6) is 1.03. The van der Waals surface area contributed by atoms with Crippen molar-refractivity contribution in [2.24, 2.45) is 5.92 Å². The normalized spacial score (nSPS) is 16.9. The van der Waals surface area contributed by atoms with E-state index in [1.807, 2.05) is 12.1 Å². The Kier molecular flexibility index (Phi) is 5.68. The number of amides is 1. The van der Waals surface area contributed by atoms with Crippen LogP contribution >= 0.6 is 11.6 Å². The molecule has 1 amide bonds. The van der Waals surface area contributed by atoms with E-state index in [-0.39, 0.29) is 12.5 Å². The third-order valence-corrected chi connectivity index (χ3v) is 3.93. The largest absolute Gasteiger partial charge is 0.482 e. The molecule has 0 unspecified atom stereocenters. The van der Waals surface area contributed by atoms with Crippen molar-refractivity contribution in [2.45, 2.75) is 12.8 Å². The number of ether oxygens (including phenoxy) is 1. The summed E-state index contributed by atoms with van der Waals surface area (Å²) in [5.41, 5.74) is 0. The van der Waals surface area contributed by atoms with Gasteiger partial charge in [0, 0.05) is 6.54 Å². The first kappa shape index (κ1) is 15.1. The Morgan fingerprint density at radius 1 is 1.40 bits per heavy atom. The zero-order valence-corrected chi connectivity index (χ0v) is 12.5. The van der Waals surface area contributed by atoms with E-state index in [1.165, 1.54) is 0 Å². The fourth-order valence-electron chi connectivity index (χ4n) is 2.28. The summed E-state index contributed by atoms with van der Waals surface area (Å²) >= 11 is 5.96. The summed E-state index contributed by atoms with van der Waals surface area (Å²) in [4.78, 5) is 14.1. The molecule has 1 aliphatic heterocycles. The number of benzene rings is 1. The second-order valence-electron chi connectivity index (χ2n) is 5.27. The van der Waals surface area contributed by atoms with Crippen molar-refractivity contribution >= 4 is 17.5 Å². The number of nitrogens with one attached hydrogen (secondary N) is 1. The highest BCUT2D eigenvalue weighted by molar-refractivity contribution is 6.32. The molecule has 1 saturated heterocycles. The van der Waals surface area contributed by atoms with Gasteiger partial charge in [-0.2, -0.15) is 0 Å². The number of rotatable bonds is 5. The molecule has 1 fully saturated rings. The van der Waals surface area contributed by atoms with E-state index in [0.29, 0.717) is 16.7 Å². The van der Waals surface area contributed by atoms with Gasteiger partial charge in [0.05, 0.1) is 5.02 Å². The van der Waals surface area contributed by atoms with Gasteiger partial charge in [0.2, 0.25) is 0 Å². The van der Waals surface area contributed by atoms with Crippen LogP contribution in [0.1, 0.15) is 12.8 Å². The summed E-state index contributed by atoms with van der Waals surface area (Å²) in [6.07, 6.45) is 2.28. The summed E-state index contributed by atoms with van der Waals surface area (Å²) in [5, 5.41) is 3.46. The van der Waals surface area contributed by atoms with Crippen LogP contribution in [0.2, 0.25) is 5.02 Å². The molecule has 0 saturated carbocycles. The molecule has 20 heavy (non-hydrogen) atoms. The van der Waals surface area contributed by atoms with Gasteiger partial charge >= 0.3 is 0 Å². The summed E-state index contributed by atoms with van der Waals surface area (Å²) in [7, 11) is 2.13. The maximum atomic E-state index is 11.7. The van der Waals surface area contributed by atoms with E-state index in [4.69, 9.17) is 16.3 Å². The Hall–Kier alpha value is -1.26. The van der Waals surface area contributed by atoms with Crippen LogP contribution in [0.5, 0.6) is 5.75 Å². The molecule has 1 heterocycles. The molecule has 0 aliphatic carbocycles. The van der Waals surface area contributed by atoms with Gasteiger partial charge in [-0.15, -0.1) is 0 Å². The second kappa shape index (κ2) is 7.50. The summed E-state index contributed by atoms with van der Waals surface area (Å²) < 4.78 is 5.40. The Bertz CT molecular complexity index is 445. The molecular formula is C15H21ClN2O2. The van der Waals surface area contributed by atoms with Crippen molar-refractivity contribution in [3.05, 3.63) is 29.3 Å². The minimum absolute atomic E-state index is 0.0103. The Balaban J connectivity index is 1.67. The van der Waals surface area contributed by atoms with E-state index in [2.05, 4.69) is 17.3 Å². The predicted molar refractivity (Wildman–Crippen MR) is 80.2 cm³/mol. The zero-order chi connectivity index (χ0) is 14.4. The summed E-state index contributed by atoms with van der Waals surface area (Å²) in [6.45, 7) is 2.96. The van der Waals surface area contributed by atoms with Gasteiger partial charge in [0.15, 0.2) is 6.61 Å². The van der Waals surface area contributed by atoms with Crippen molar-refractivity contribution in [1.29, 1.82) is 0 Å². The molecule has 4 nitrogen and oxygen atoms in total. The zero-order valence-electron chi connectivity index (χ0n) is 11.8. The highest BCUT2D eigenvalue weighted by Gasteiger charge is 2.17. The molecule has 0 atom stereocenters. The quantitative estimate of drug-likeness (QED) is 0.905. The fraction of sp³-hybridized carbons (Fsp3) is 0.533. The molecule has 1 N–H and O–H groups in total. The van der Waals surface area contributed by atoms with Gasteiger partial charge in [0.1, 0.15) is 5.75 Å². The molecule has 1 aromatic rings. The van der Waals surface area contributed by atoms with Crippen molar-refractivity contribution in [2.75, 3.05) is 33.3 Å². The SMILES string of the molecule is CN1CCC(CNC(=O)COc2ccccc2Cl)CC1. The lowest BCUT2D eigenvalue weighted by molar-refractivity contribution is -0.123. The van der Waals surface area contributed by atoms with Crippen LogP contribution in [0, 0.1) is 5.92 Å². The molecule has 0 aromatic heterocycles. The van der Waals surface area contributed by atoms with Crippen molar-refractivity contribution in [3.63, 3.8) is 0 Å². The fourth-order valence-corrected chi connectivity index (χ4v) is 2.47. The standard InChI is InChI=1S/C15H21ClN2O2/c1-18-8-6-12(7-9-18)10-17-15(19)11-20-14-5-3-2-4-13(14)16/h2-5,12H,6-11H2,1H3,(H,17,19). The number of para-hydroxylation sites is 1. The van der Waals surface area contributed by atoms with E-state index in [1.54, 1.807) is 12.1 Å². The number of hydrogen-bond donors (Lipinski definition) is 1. The predicted octanol–water partition coefficient (Wildman–Crippen LogP) is 2.18. The summed E-state index contributed by atoms with van der Waals surface area (Å²) in [6, 6.07) is 7.16. The second-order valence-corrected chi connectivity index (χ2v) is 5.68. The number of piperidine rings is 1. The van der Waals surface area contributed by atoms with Crippen LogP contribution in [0.3, 0.4) is 0 Å². The average Bonchev–Trinajstić information content (AvgIpc) is 2.46. The van der Waals surface area contributed by atoms with E-state index in [9.17, 15) is 4.79 Å². The Labute approximate surface area is 125 Å². The van der Waals surface area contributed by atoms with Gasteiger partial charge in [0.25, 0.3) is 5.91 Å². The maximum Gasteiger partial charge on any atom is 0.257 e. The topological polar surface area (TPSA) is 41.6 Å². The molecule has 0 radical (unpaired) electrons. The molecule has 110 valence electrons. The number of likely N-dealkylation sites (tertiary alicyclic amines) is 1. The first-order valence-electron chi connectivity index (χ1n) is 6.97. The van der Waals surface area contributed by atoms with Gasteiger partial charge in [-0.1, -0.05) is 23.7 Å². The third kappa shape index (κ3) is 4.69. The van der Waals surface area contributed by atoms with Crippen molar-refractivity contribution in [3.8, 4) is 5.75 Å². The van der Waals surface area contributed by atoms with Crippen LogP contribution in [0.4, 0.5) is 0 Å². The van der Waals surface area contributed by atoms with Crippen LogP contribution in [-0.4, -0.2) is 44.1 Å². The van der Waals surface area contributed by atoms with E-state index < -0.39 is 0 Å². The monoisotopic (exact) mass is 296 g/mol. The molecular weight excluding hydrogens is 276 g/mol. The lowest BCUT2D eigenvalue weighted by Crippen LogP contribution is -2.38. The lowest BCUT2D eigenvalue weighted by Gasteiger charge is -2.28. The van der Waals surface area contributed by atoms with Gasteiger partial charge in [-0.3, -0.25) is 4.79 Å². The molecule has 0 spiro atoms. The van der Waals surface area contributed by atoms with Crippen molar-refractivity contribution < 1.29 is 9.53 Å². The van der Waals surface area contributed by atoms with Crippen LogP contribution in [0.25, 0.3) is 0 Å². The third-order valence-electron chi connectivity index (χ3n) is 3.62. The van der Waals surface area contributed by atoms with Crippen molar-refractivity contribution in [1.82, 2.24) is 10.2 Å². The number of carbonyl (C=O) groups is 1. The lowest BCUT2D eigenvalue weighted by atomic mass is 9.97. The number of halogens is 1. The smallest absolute Gasteiger partial charge is 0.257 e. The maximum absolute atomic E-state index is 11.7. The molecule has 5 heteroatoms. The van der Waals surface area contributed by atoms with Gasteiger partial charge in [-0.05, 0) is 51.0 Å². The van der Waals surface area contributed by atoms with Gasteiger partial charge < -0.3 is 15.0 Å². The molecule has 0 bridgehead atoms. The van der Waals surface area contributed by atoms with Crippen LogP contribution in [0.15, 0.2) is 24.3 Å². The van der Waals surface area contributed by atoms with Gasteiger partial charge in [-0.25, -0.2) is 0 Å². The number of nitrogens with zero attached hydrogens (tertiary/aromatic N) is 1. The highest BCUT2D eigenvalue weighted by atomic mass is 35.5. The Morgan fingerprint density at radius 2 is 2.10 bits per heavy atom. The number of carbonyl (C=O) groups excluding carboxylic acids is 1.